The van der Waals surface area contributed by atoms with Gasteiger partial charge in [0.15, 0.2) is 0 Å². The first-order valence-corrected chi connectivity index (χ1v) is 6.30. The van der Waals surface area contributed by atoms with Crippen molar-refractivity contribution in [2.75, 3.05) is 0 Å². The van der Waals surface area contributed by atoms with Crippen LogP contribution in [0.1, 0.15) is 40.5 Å². The Morgan fingerprint density at radius 1 is 1.30 bits per heavy atom. The maximum atomic E-state index is 12.3. The van der Waals surface area contributed by atoms with Crippen LogP contribution in [0, 0.1) is 0 Å². The first-order valence-electron chi connectivity index (χ1n) is 6.30. The first kappa shape index (κ1) is 13.8. The molecule has 1 aromatic carbocycles. The van der Waals surface area contributed by atoms with E-state index in [9.17, 15) is 14.4 Å². The number of nitrogens with zero attached hydrogens (tertiary/aromatic N) is 3. The van der Waals surface area contributed by atoms with Gasteiger partial charge in [0.05, 0.1) is 11.1 Å². The fraction of sp³-hybridized carbons (Fsp3) is 0.286. The maximum absolute atomic E-state index is 12.3. The lowest BCUT2D eigenvalue weighted by atomic mass is 10.1. The van der Waals surface area contributed by atoms with Crippen LogP contribution in [-0.2, 0) is 4.79 Å². The molecular formula is C14H13N3O3. The van der Waals surface area contributed by atoms with E-state index in [4.69, 9.17) is 5.53 Å². The number of carbonyl (C=O) groups excluding carboxylic acids is 3. The molecule has 1 aliphatic heterocycles. The molecule has 0 radical (unpaired) electrons. The van der Waals surface area contributed by atoms with E-state index >= 15 is 0 Å². The zero-order valence-electron chi connectivity index (χ0n) is 10.9. The number of carbonyl (C=O) groups is 3. The van der Waals surface area contributed by atoms with Gasteiger partial charge in [0.1, 0.15) is 6.04 Å². The van der Waals surface area contributed by atoms with Gasteiger partial charge >= 0.3 is 6.21 Å². The van der Waals surface area contributed by atoms with E-state index < -0.39 is 23.6 Å². The SMILES string of the molecule is CCC[C@H](C(=O)C=[N+]=[N-])N1C(=O)c2ccccc2C1=O. The third-order valence-corrected chi connectivity index (χ3v) is 3.21. The zero-order chi connectivity index (χ0) is 14.7. The fourth-order valence-electron chi connectivity index (χ4n) is 2.31. The van der Waals surface area contributed by atoms with Crippen LogP contribution in [0.5, 0.6) is 0 Å². The third kappa shape index (κ3) is 2.17. The molecule has 0 spiro atoms. The average Bonchev–Trinajstić information content (AvgIpc) is 2.70. The number of hydrogen-bond acceptors (Lipinski definition) is 3. The first-order chi connectivity index (χ1) is 9.61. The molecule has 0 saturated carbocycles. The number of benzene rings is 1. The molecule has 6 heteroatoms. The standard InChI is InChI=1S/C14H13N3O3/c1-2-5-11(12(18)8-16-15)17-13(19)9-6-3-4-7-10(9)14(17)20/h3-4,6-8,11H,2,5H2,1H3/t11-/m1/s1. The highest BCUT2D eigenvalue weighted by atomic mass is 16.2. The average molecular weight is 271 g/mol. The second-order valence-electron chi connectivity index (χ2n) is 4.48. The molecule has 0 saturated heterocycles. The van der Waals surface area contributed by atoms with Gasteiger partial charge in [-0.25, -0.2) is 0 Å². The number of hydrogen-bond donors (Lipinski definition) is 0. The van der Waals surface area contributed by atoms with Crippen molar-refractivity contribution in [1.82, 2.24) is 4.90 Å². The second-order valence-corrected chi connectivity index (χ2v) is 4.48. The van der Waals surface area contributed by atoms with Crippen molar-refractivity contribution in [1.29, 1.82) is 0 Å². The van der Waals surface area contributed by atoms with Crippen molar-refractivity contribution in [3.05, 3.63) is 40.9 Å². The summed E-state index contributed by atoms with van der Waals surface area (Å²) in [5.41, 5.74) is 9.06. The number of fused-ring (bicyclic) bond motifs is 1. The molecule has 0 unspecified atom stereocenters. The Morgan fingerprint density at radius 3 is 2.30 bits per heavy atom. The lowest BCUT2D eigenvalue weighted by Crippen LogP contribution is -2.45. The lowest BCUT2D eigenvalue weighted by Gasteiger charge is -2.22. The van der Waals surface area contributed by atoms with Crippen LogP contribution >= 0.6 is 0 Å². The number of imide groups is 1. The number of amides is 2. The van der Waals surface area contributed by atoms with E-state index in [0.717, 1.165) is 11.1 Å². The van der Waals surface area contributed by atoms with E-state index in [1.54, 1.807) is 24.3 Å². The Kier molecular flexibility index (Phi) is 3.86. The topological polar surface area (TPSA) is 90.8 Å². The minimum absolute atomic E-state index is 0.298. The predicted octanol–water partition coefficient (Wildman–Crippen LogP) is 1.32. The highest BCUT2D eigenvalue weighted by Crippen LogP contribution is 2.26. The molecule has 0 aromatic heterocycles. The summed E-state index contributed by atoms with van der Waals surface area (Å²) in [7, 11) is 0. The predicted molar refractivity (Wildman–Crippen MR) is 70.3 cm³/mol. The third-order valence-electron chi connectivity index (χ3n) is 3.21. The molecule has 2 rings (SSSR count). The second kappa shape index (κ2) is 5.59. The van der Waals surface area contributed by atoms with Crippen LogP contribution in [0.25, 0.3) is 5.53 Å². The van der Waals surface area contributed by atoms with Crippen LogP contribution in [0.15, 0.2) is 24.3 Å². The molecule has 0 N–H and O–H groups in total. The molecule has 0 bridgehead atoms. The van der Waals surface area contributed by atoms with Gasteiger partial charge in [-0.15, -0.1) is 0 Å². The van der Waals surface area contributed by atoms with Gasteiger partial charge in [0.25, 0.3) is 17.6 Å². The maximum Gasteiger partial charge on any atom is 0.325 e. The van der Waals surface area contributed by atoms with Crippen molar-refractivity contribution in [2.24, 2.45) is 0 Å². The Hall–Kier alpha value is -2.59. The van der Waals surface area contributed by atoms with Gasteiger partial charge in [-0.05, 0) is 18.6 Å². The summed E-state index contributed by atoms with van der Waals surface area (Å²) in [6, 6.07) is 5.52. The zero-order valence-corrected chi connectivity index (χ0v) is 10.9. The Bertz CT molecular complexity index is 597. The van der Waals surface area contributed by atoms with Crippen molar-refractivity contribution >= 4 is 23.8 Å². The van der Waals surface area contributed by atoms with Crippen LogP contribution in [0.3, 0.4) is 0 Å². The summed E-state index contributed by atoms with van der Waals surface area (Å²) >= 11 is 0. The van der Waals surface area contributed by atoms with Crippen molar-refractivity contribution in [3.63, 3.8) is 0 Å². The minimum atomic E-state index is -0.928. The van der Waals surface area contributed by atoms with E-state index in [1.165, 1.54) is 0 Å². The van der Waals surface area contributed by atoms with Gasteiger partial charge in [0, 0.05) is 0 Å². The van der Waals surface area contributed by atoms with Crippen LogP contribution in [0.2, 0.25) is 0 Å². The summed E-state index contributed by atoms with van der Waals surface area (Å²) in [5.74, 6) is -1.53. The molecule has 102 valence electrons. The highest BCUT2D eigenvalue weighted by Gasteiger charge is 2.42. The molecular weight excluding hydrogens is 258 g/mol. The Labute approximate surface area is 115 Å². The van der Waals surface area contributed by atoms with Gasteiger partial charge in [0.2, 0.25) is 0 Å². The molecule has 2 amide bonds. The lowest BCUT2D eigenvalue weighted by molar-refractivity contribution is -0.119. The van der Waals surface area contributed by atoms with Crippen LogP contribution in [-0.4, -0.2) is 39.5 Å². The molecule has 1 aromatic rings. The van der Waals surface area contributed by atoms with E-state index in [2.05, 4.69) is 4.79 Å². The van der Waals surface area contributed by atoms with Gasteiger partial charge in [-0.2, -0.15) is 4.79 Å². The summed E-state index contributed by atoms with van der Waals surface area (Å²) in [6.07, 6.45) is 1.67. The number of ketones is 1. The summed E-state index contributed by atoms with van der Waals surface area (Å²) in [5, 5.41) is 0. The largest absolute Gasteiger partial charge is 0.361 e. The van der Waals surface area contributed by atoms with Gasteiger partial charge in [-0.1, -0.05) is 25.5 Å². The molecule has 1 heterocycles. The highest BCUT2D eigenvalue weighted by molar-refractivity contribution is 6.31. The molecule has 6 nitrogen and oxygen atoms in total. The van der Waals surface area contributed by atoms with Crippen molar-refractivity contribution < 1.29 is 19.2 Å². The Morgan fingerprint density at radius 2 is 1.85 bits per heavy atom. The number of Topliss-reactive ketones (excluding diaryl/α,β-unsaturated/α-hetero) is 1. The fourth-order valence-corrected chi connectivity index (χ4v) is 2.31. The van der Waals surface area contributed by atoms with Crippen molar-refractivity contribution in [3.8, 4) is 0 Å². The molecule has 1 aliphatic rings. The van der Waals surface area contributed by atoms with Crippen LogP contribution in [0.4, 0.5) is 0 Å². The van der Waals surface area contributed by atoms with Gasteiger partial charge < -0.3 is 5.53 Å². The Balaban J connectivity index is 2.42. The summed E-state index contributed by atoms with van der Waals surface area (Å²) < 4.78 is 0. The molecule has 20 heavy (non-hydrogen) atoms. The van der Waals surface area contributed by atoms with E-state index in [-0.39, 0.29) is 0 Å². The monoisotopic (exact) mass is 271 g/mol. The number of rotatable bonds is 5. The summed E-state index contributed by atoms with van der Waals surface area (Å²) in [6.45, 7) is 1.84. The van der Waals surface area contributed by atoms with E-state index in [0.29, 0.717) is 24.0 Å². The molecule has 1 atom stereocenters. The molecule has 0 fully saturated rings. The van der Waals surface area contributed by atoms with Crippen molar-refractivity contribution in [2.45, 2.75) is 25.8 Å². The van der Waals surface area contributed by atoms with Crippen LogP contribution < -0.4 is 0 Å². The van der Waals surface area contributed by atoms with Gasteiger partial charge in [-0.3, -0.25) is 19.3 Å². The molecule has 0 aliphatic carbocycles. The normalized spacial score (nSPS) is 14.8. The minimum Gasteiger partial charge on any atom is -0.361 e. The smallest absolute Gasteiger partial charge is 0.325 e. The van der Waals surface area contributed by atoms with E-state index in [1.807, 2.05) is 6.92 Å². The quantitative estimate of drug-likeness (QED) is 0.350. The summed E-state index contributed by atoms with van der Waals surface area (Å²) in [4.78, 5) is 40.1.